The number of furan rings is 1. The zero-order chi connectivity index (χ0) is 10.6. The molecule has 0 unspecified atom stereocenters. The van der Waals surface area contributed by atoms with Crippen molar-refractivity contribution >= 4 is 28.5 Å². The number of carboxylic acids is 1. The molecule has 2 aromatic rings. The molecule has 0 radical (unpaired) electrons. The van der Waals surface area contributed by atoms with Crippen LogP contribution in [0.25, 0.3) is 11.0 Å². The van der Waals surface area contributed by atoms with E-state index < -0.39 is 5.97 Å². The van der Waals surface area contributed by atoms with Crippen molar-refractivity contribution in [3.05, 3.63) is 35.6 Å². The molecule has 4 heteroatoms. The number of carboxylic acid groups (broad SMARTS) is 1. The Morgan fingerprint density at radius 3 is 2.71 bits per heavy atom. The Balaban J connectivity index is 0.000000213. The van der Waals surface area contributed by atoms with Crippen LogP contribution < -0.4 is 0 Å². The lowest BCUT2D eigenvalue weighted by atomic mass is 10.3. The molecule has 1 heterocycles. The molecule has 1 aromatic carbocycles. The van der Waals surface area contributed by atoms with Gasteiger partial charge in [0.2, 0.25) is 0 Å². The van der Waals surface area contributed by atoms with Crippen molar-refractivity contribution in [2.24, 2.45) is 0 Å². The second-order valence-corrected chi connectivity index (χ2v) is 3.06. The first-order valence-electron chi connectivity index (χ1n) is 3.92. The van der Waals surface area contributed by atoms with E-state index in [0.717, 1.165) is 17.9 Å². The predicted octanol–water partition coefficient (Wildman–Crippen LogP) is 3.18. The van der Waals surface area contributed by atoms with Crippen molar-refractivity contribution in [2.45, 2.75) is 6.92 Å². The number of halogens is 1. The molecular weight excluding hydrogens is 204 g/mol. The van der Waals surface area contributed by atoms with E-state index in [4.69, 9.17) is 25.9 Å². The van der Waals surface area contributed by atoms with Crippen LogP contribution in [-0.4, -0.2) is 11.1 Å². The molecule has 14 heavy (non-hydrogen) atoms. The van der Waals surface area contributed by atoms with E-state index in [0.29, 0.717) is 5.02 Å². The molecule has 0 saturated heterocycles. The summed E-state index contributed by atoms with van der Waals surface area (Å²) >= 11 is 5.72. The second kappa shape index (κ2) is 4.67. The summed E-state index contributed by atoms with van der Waals surface area (Å²) in [6.45, 7) is 1.08. The molecule has 0 bridgehead atoms. The summed E-state index contributed by atoms with van der Waals surface area (Å²) < 4.78 is 5.11. The maximum absolute atomic E-state index is 9.00. The van der Waals surface area contributed by atoms with Crippen LogP contribution in [0.15, 0.2) is 34.9 Å². The highest BCUT2D eigenvalue weighted by atomic mass is 35.5. The normalized spacial score (nSPS) is 9.29. The maximum atomic E-state index is 9.00. The van der Waals surface area contributed by atoms with E-state index in [1.165, 1.54) is 0 Å². The molecule has 1 aromatic heterocycles. The first-order chi connectivity index (χ1) is 6.59. The zero-order valence-corrected chi connectivity index (χ0v) is 8.28. The van der Waals surface area contributed by atoms with E-state index >= 15 is 0 Å². The fourth-order valence-corrected chi connectivity index (χ4v) is 1.09. The van der Waals surface area contributed by atoms with Crippen LogP contribution >= 0.6 is 11.6 Å². The summed E-state index contributed by atoms with van der Waals surface area (Å²) in [5, 5.41) is 9.21. The Morgan fingerprint density at radius 1 is 1.43 bits per heavy atom. The van der Waals surface area contributed by atoms with Crippen molar-refractivity contribution in [2.75, 3.05) is 0 Å². The van der Waals surface area contributed by atoms with Gasteiger partial charge in [0.1, 0.15) is 5.58 Å². The van der Waals surface area contributed by atoms with Crippen molar-refractivity contribution in [1.29, 1.82) is 0 Å². The molecule has 0 fully saturated rings. The van der Waals surface area contributed by atoms with E-state index in [1.807, 2.05) is 18.2 Å². The fourth-order valence-electron chi connectivity index (χ4n) is 0.929. The van der Waals surface area contributed by atoms with Gasteiger partial charge in [0.05, 0.1) is 6.26 Å². The lowest BCUT2D eigenvalue weighted by Gasteiger charge is -1.87. The maximum Gasteiger partial charge on any atom is 0.300 e. The van der Waals surface area contributed by atoms with Crippen LogP contribution in [0.3, 0.4) is 0 Å². The topological polar surface area (TPSA) is 50.4 Å². The molecule has 0 atom stereocenters. The van der Waals surface area contributed by atoms with Gasteiger partial charge in [-0.1, -0.05) is 11.6 Å². The molecule has 0 aliphatic heterocycles. The number of rotatable bonds is 0. The average molecular weight is 213 g/mol. The van der Waals surface area contributed by atoms with Crippen molar-refractivity contribution in [3.8, 4) is 0 Å². The molecule has 3 nitrogen and oxygen atoms in total. The highest BCUT2D eigenvalue weighted by Crippen LogP contribution is 2.19. The molecule has 0 spiro atoms. The fraction of sp³-hybridized carbons (Fsp3) is 0.100. The number of hydrogen-bond donors (Lipinski definition) is 1. The minimum atomic E-state index is -0.833. The summed E-state index contributed by atoms with van der Waals surface area (Å²) in [6.07, 6.45) is 1.65. The Labute approximate surface area is 85.9 Å². The quantitative estimate of drug-likeness (QED) is 0.730. The van der Waals surface area contributed by atoms with Gasteiger partial charge in [-0.2, -0.15) is 0 Å². The Bertz CT molecular complexity index is 430. The zero-order valence-electron chi connectivity index (χ0n) is 7.53. The third-order valence-corrected chi connectivity index (χ3v) is 1.65. The van der Waals surface area contributed by atoms with Crippen LogP contribution in [0.4, 0.5) is 0 Å². The van der Waals surface area contributed by atoms with E-state index in [1.54, 1.807) is 12.3 Å². The summed E-state index contributed by atoms with van der Waals surface area (Å²) in [7, 11) is 0. The van der Waals surface area contributed by atoms with Gasteiger partial charge in [-0.25, -0.2) is 0 Å². The van der Waals surface area contributed by atoms with Crippen LogP contribution in [0, 0.1) is 0 Å². The SMILES string of the molecule is CC(=O)O.Clc1ccc2ccoc2c1. The highest BCUT2D eigenvalue weighted by molar-refractivity contribution is 6.31. The largest absolute Gasteiger partial charge is 0.481 e. The van der Waals surface area contributed by atoms with Gasteiger partial charge in [-0.15, -0.1) is 0 Å². The summed E-state index contributed by atoms with van der Waals surface area (Å²) in [4.78, 5) is 9.00. The summed E-state index contributed by atoms with van der Waals surface area (Å²) in [5.74, 6) is -0.833. The Morgan fingerprint density at radius 2 is 2.07 bits per heavy atom. The van der Waals surface area contributed by atoms with Gasteiger partial charge < -0.3 is 9.52 Å². The highest BCUT2D eigenvalue weighted by Gasteiger charge is 1.94. The minimum absolute atomic E-state index is 0.711. The van der Waals surface area contributed by atoms with Gasteiger partial charge in [0, 0.05) is 17.3 Å². The van der Waals surface area contributed by atoms with Crippen LogP contribution in [0.1, 0.15) is 6.92 Å². The molecule has 0 aliphatic carbocycles. The number of carbonyl (C=O) groups is 1. The molecular formula is C10H9ClO3. The lowest BCUT2D eigenvalue weighted by molar-refractivity contribution is -0.134. The molecule has 0 saturated carbocycles. The van der Waals surface area contributed by atoms with Gasteiger partial charge in [-0.05, 0) is 24.3 Å². The van der Waals surface area contributed by atoms with E-state index in [-0.39, 0.29) is 0 Å². The Kier molecular flexibility index (Phi) is 3.54. The van der Waals surface area contributed by atoms with Crippen molar-refractivity contribution in [1.82, 2.24) is 0 Å². The first kappa shape index (κ1) is 10.6. The Hall–Kier alpha value is -1.48. The number of benzene rings is 1. The third kappa shape index (κ3) is 3.11. The van der Waals surface area contributed by atoms with Gasteiger partial charge >= 0.3 is 0 Å². The molecule has 0 amide bonds. The predicted molar refractivity (Wildman–Crippen MR) is 54.5 cm³/mol. The second-order valence-electron chi connectivity index (χ2n) is 2.62. The molecule has 74 valence electrons. The minimum Gasteiger partial charge on any atom is -0.481 e. The van der Waals surface area contributed by atoms with Crippen LogP contribution in [-0.2, 0) is 4.79 Å². The standard InChI is InChI=1S/C8H5ClO.C2H4O2/c9-7-2-1-6-3-4-10-8(6)5-7;1-2(3)4/h1-5H;1H3,(H,3,4). The number of fused-ring (bicyclic) bond motifs is 1. The van der Waals surface area contributed by atoms with Crippen LogP contribution in [0.5, 0.6) is 0 Å². The lowest BCUT2D eigenvalue weighted by Crippen LogP contribution is -1.78. The van der Waals surface area contributed by atoms with Gasteiger partial charge in [-0.3, -0.25) is 4.79 Å². The average Bonchev–Trinajstić information content (AvgIpc) is 2.49. The van der Waals surface area contributed by atoms with E-state index in [9.17, 15) is 0 Å². The third-order valence-electron chi connectivity index (χ3n) is 1.42. The van der Waals surface area contributed by atoms with Gasteiger partial charge in [0.25, 0.3) is 5.97 Å². The molecule has 1 N–H and O–H groups in total. The molecule has 2 rings (SSSR count). The van der Waals surface area contributed by atoms with E-state index in [2.05, 4.69) is 0 Å². The number of hydrogen-bond acceptors (Lipinski definition) is 2. The first-order valence-corrected chi connectivity index (χ1v) is 4.29. The van der Waals surface area contributed by atoms with Gasteiger partial charge in [0.15, 0.2) is 0 Å². The summed E-state index contributed by atoms with van der Waals surface area (Å²) in [5.41, 5.74) is 0.840. The van der Waals surface area contributed by atoms with Crippen molar-refractivity contribution < 1.29 is 14.3 Å². The van der Waals surface area contributed by atoms with Crippen LogP contribution in [0.2, 0.25) is 5.02 Å². The number of aliphatic carboxylic acids is 1. The van der Waals surface area contributed by atoms with Crippen molar-refractivity contribution in [3.63, 3.8) is 0 Å². The molecule has 0 aliphatic rings. The summed E-state index contributed by atoms with van der Waals surface area (Å²) in [6, 6.07) is 7.49. The smallest absolute Gasteiger partial charge is 0.300 e. The monoisotopic (exact) mass is 212 g/mol.